The number of hydrazone groups is 1. The van der Waals surface area contributed by atoms with Gasteiger partial charge in [-0.15, -0.1) is 0 Å². The van der Waals surface area contributed by atoms with Gasteiger partial charge < -0.3 is 10.5 Å². The predicted molar refractivity (Wildman–Crippen MR) is 65.9 cm³/mol. The molecule has 3 N–H and O–H groups in total. The van der Waals surface area contributed by atoms with Crippen molar-refractivity contribution >= 4 is 29.0 Å². The fourth-order valence-electron chi connectivity index (χ4n) is 1.66. The number of carbonyl (C=O) groups is 1. The molecule has 0 radical (unpaired) electrons. The topological polar surface area (TPSA) is 76.7 Å². The summed E-state index contributed by atoms with van der Waals surface area (Å²) in [4.78, 5) is 11.3. The zero-order valence-electron chi connectivity index (χ0n) is 9.53. The number of hydrogen-bond acceptors (Lipinski definition) is 4. The Morgan fingerprint density at radius 1 is 1.75 bits per heavy atom. The third kappa shape index (κ3) is 4.14. The summed E-state index contributed by atoms with van der Waals surface area (Å²) >= 11 is 4.62. The van der Waals surface area contributed by atoms with Crippen LogP contribution in [0.1, 0.15) is 33.1 Å². The van der Waals surface area contributed by atoms with E-state index in [1.165, 1.54) is 0 Å². The van der Waals surface area contributed by atoms with Gasteiger partial charge >= 0.3 is 5.97 Å². The molecule has 0 bridgehead atoms. The van der Waals surface area contributed by atoms with Crippen LogP contribution in [0.2, 0.25) is 0 Å². The van der Waals surface area contributed by atoms with E-state index in [9.17, 15) is 4.79 Å². The first-order valence-electron chi connectivity index (χ1n) is 5.28. The minimum absolute atomic E-state index is 0.00461. The molecule has 0 unspecified atom stereocenters. The van der Waals surface area contributed by atoms with E-state index in [0.29, 0.717) is 0 Å². The molecule has 1 heterocycles. The molecule has 0 amide bonds. The number of nitrogens with zero attached hydrogens (tertiary/aromatic N) is 1. The number of thiocarbonyl (C=S) groups is 1. The lowest BCUT2D eigenvalue weighted by Crippen LogP contribution is -2.25. The molecule has 1 aliphatic rings. The maximum absolute atomic E-state index is 11.3. The maximum Gasteiger partial charge on any atom is 0.309 e. The molecule has 1 rings (SSSR count). The van der Waals surface area contributed by atoms with Crippen molar-refractivity contribution in [2.75, 3.05) is 0 Å². The quantitative estimate of drug-likeness (QED) is 0.332. The highest BCUT2D eigenvalue weighted by Crippen LogP contribution is 2.24. The zero-order valence-corrected chi connectivity index (χ0v) is 10.3. The van der Waals surface area contributed by atoms with Crippen molar-refractivity contribution in [1.82, 2.24) is 5.43 Å². The standard InChI is InChI=1S/C10H17N3O2S/c1-6(12-13-10(11)16)3-4-8-5-7(2)15-9(8)14/h7-8H,3-5H2,1-2H3,(H3,11,13,16)/b12-6-/t7-,8+/m1/s1. The maximum atomic E-state index is 11.3. The summed E-state index contributed by atoms with van der Waals surface area (Å²) in [5.74, 6) is -0.0902. The van der Waals surface area contributed by atoms with E-state index in [1.54, 1.807) is 0 Å². The molecule has 1 saturated heterocycles. The molecule has 6 heteroatoms. The molecule has 16 heavy (non-hydrogen) atoms. The van der Waals surface area contributed by atoms with Gasteiger partial charge in [-0.1, -0.05) is 0 Å². The molecule has 0 aromatic rings. The second-order valence-corrected chi connectivity index (χ2v) is 4.48. The van der Waals surface area contributed by atoms with Crippen molar-refractivity contribution < 1.29 is 9.53 Å². The van der Waals surface area contributed by atoms with Gasteiger partial charge in [-0.25, -0.2) is 0 Å². The van der Waals surface area contributed by atoms with E-state index in [2.05, 4.69) is 22.7 Å². The van der Waals surface area contributed by atoms with Gasteiger partial charge in [0.05, 0.1) is 12.0 Å². The molecule has 0 aliphatic carbocycles. The van der Waals surface area contributed by atoms with Gasteiger partial charge in [-0.2, -0.15) is 5.10 Å². The van der Waals surface area contributed by atoms with Crippen LogP contribution < -0.4 is 11.2 Å². The Morgan fingerprint density at radius 3 is 2.94 bits per heavy atom. The van der Waals surface area contributed by atoms with Crippen molar-refractivity contribution in [2.45, 2.75) is 39.2 Å². The van der Waals surface area contributed by atoms with Crippen molar-refractivity contribution in [3.8, 4) is 0 Å². The van der Waals surface area contributed by atoms with Crippen molar-refractivity contribution in [3.05, 3.63) is 0 Å². The van der Waals surface area contributed by atoms with Crippen molar-refractivity contribution in [3.63, 3.8) is 0 Å². The summed E-state index contributed by atoms with van der Waals surface area (Å²) in [6, 6.07) is 0. The Hall–Kier alpha value is -1.17. The van der Waals surface area contributed by atoms with Crippen molar-refractivity contribution in [2.24, 2.45) is 16.8 Å². The van der Waals surface area contributed by atoms with Crippen LogP contribution in [0.5, 0.6) is 0 Å². The molecule has 0 aromatic carbocycles. The highest BCUT2D eigenvalue weighted by molar-refractivity contribution is 7.80. The molecular weight excluding hydrogens is 226 g/mol. The second kappa shape index (κ2) is 5.79. The Kier molecular flexibility index (Phi) is 4.67. The molecule has 1 fully saturated rings. The first kappa shape index (κ1) is 12.9. The second-order valence-electron chi connectivity index (χ2n) is 4.04. The number of rotatable bonds is 4. The predicted octanol–water partition coefficient (Wildman–Crippen LogP) is 0.927. The van der Waals surface area contributed by atoms with Gasteiger partial charge in [0.25, 0.3) is 0 Å². The van der Waals surface area contributed by atoms with Crippen LogP contribution in [0.3, 0.4) is 0 Å². The fourth-order valence-corrected chi connectivity index (χ4v) is 1.71. The smallest absolute Gasteiger partial charge is 0.309 e. The van der Waals surface area contributed by atoms with Crippen molar-refractivity contribution in [1.29, 1.82) is 0 Å². The first-order chi connectivity index (χ1) is 7.49. The van der Waals surface area contributed by atoms with E-state index in [1.807, 2.05) is 13.8 Å². The normalized spacial score (nSPS) is 25.4. The molecule has 0 saturated carbocycles. The SMILES string of the molecule is C/C(CC[C@H]1C[C@@H](C)OC1=O)=N/NC(N)=S. The first-order valence-corrected chi connectivity index (χ1v) is 5.69. The highest BCUT2D eigenvalue weighted by Gasteiger charge is 2.31. The van der Waals surface area contributed by atoms with Gasteiger partial charge in [0.15, 0.2) is 5.11 Å². The van der Waals surface area contributed by atoms with Crippen LogP contribution in [-0.2, 0) is 9.53 Å². The number of nitrogens with one attached hydrogen (secondary N) is 1. The van der Waals surface area contributed by atoms with E-state index in [-0.39, 0.29) is 23.1 Å². The minimum atomic E-state index is -0.0948. The third-order valence-corrected chi connectivity index (χ3v) is 2.57. The largest absolute Gasteiger partial charge is 0.462 e. The Morgan fingerprint density at radius 2 is 2.44 bits per heavy atom. The third-order valence-electron chi connectivity index (χ3n) is 2.48. The summed E-state index contributed by atoms with van der Waals surface area (Å²) < 4.78 is 5.07. The lowest BCUT2D eigenvalue weighted by molar-refractivity contribution is -0.143. The average molecular weight is 243 g/mol. The minimum Gasteiger partial charge on any atom is -0.462 e. The van der Waals surface area contributed by atoms with Gasteiger partial charge in [0.2, 0.25) is 0 Å². The Balaban J connectivity index is 2.31. The number of hydrogen-bond donors (Lipinski definition) is 2. The van der Waals surface area contributed by atoms with E-state index in [4.69, 9.17) is 10.5 Å². The Bertz CT molecular complexity index is 317. The number of cyclic esters (lactones) is 1. The molecule has 2 atom stereocenters. The molecular formula is C10H17N3O2S. The molecule has 5 nitrogen and oxygen atoms in total. The summed E-state index contributed by atoms with van der Waals surface area (Å²) in [5.41, 5.74) is 8.64. The van der Waals surface area contributed by atoms with Crippen LogP contribution in [-0.4, -0.2) is 22.9 Å². The summed E-state index contributed by atoms with van der Waals surface area (Å²) in [6.45, 7) is 3.78. The molecule has 90 valence electrons. The number of esters is 1. The van der Waals surface area contributed by atoms with Gasteiger partial charge in [0, 0.05) is 5.71 Å². The van der Waals surface area contributed by atoms with Crippen LogP contribution >= 0.6 is 12.2 Å². The molecule has 1 aliphatic heterocycles. The summed E-state index contributed by atoms with van der Waals surface area (Å²) in [7, 11) is 0. The van der Waals surface area contributed by atoms with Crippen LogP contribution in [0.25, 0.3) is 0 Å². The highest BCUT2D eigenvalue weighted by atomic mass is 32.1. The van der Waals surface area contributed by atoms with Crippen LogP contribution in [0.4, 0.5) is 0 Å². The van der Waals surface area contributed by atoms with Gasteiger partial charge in [-0.05, 0) is 45.3 Å². The van der Waals surface area contributed by atoms with E-state index >= 15 is 0 Å². The fraction of sp³-hybridized carbons (Fsp3) is 0.700. The zero-order chi connectivity index (χ0) is 12.1. The van der Waals surface area contributed by atoms with Gasteiger partial charge in [0.1, 0.15) is 0 Å². The number of carbonyl (C=O) groups excluding carboxylic acids is 1. The van der Waals surface area contributed by atoms with Crippen LogP contribution in [0.15, 0.2) is 5.10 Å². The molecule has 0 spiro atoms. The number of nitrogens with two attached hydrogens (primary N) is 1. The summed E-state index contributed by atoms with van der Waals surface area (Å²) in [6.07, 6.45) is 2.35. The number of ether oxygens (including phenoxy) is 1. The summed E-state index contributed by atoms with van der Waals surface area (Å²) in [5, 5.41) is 4.12. The van der Waals surface area contributed by atoms with E-state index in [0.717, 1.165) is 25.0 Å². The lowest BCUT2D eigenvalue weighted by atomic mass is 9.98. The lowest BCUT2D eigenvalue weighted by Gasteiger charge is -2.05. The molecule has 0 aromatic heterocycles. The van der Waals surface area contributed by atoms with Crippen LogP contribution in [0, 0.1) is 5.92 Å². The Labute approximate surface area is 100 Å². The van der Waals surface area contributed by atoms with Gasteiger partial charge in [-0.3, -0.25) is 10.2 Å². The average Bonchev–Trinajstić information content (AvgIpc) is 2.51. The van der Waals surface area contributed by atoms with E-state index < -0.39 is 0 Å². The monoisotopic (exact) mass is 243 g/mol.